The fourth-order valence-electron chi connectivity index (χ4n) is 2.90. The minimum Gasteiger partial charge on any atom is -0.301 e. The molecule has 1 amide bonds. The van der Waals surface area contributed by atoms with Crippen molar-refractivity contribution in [2.24, 2.45) is 0 Å². The van der Waals surface area contributed by atoms with Gasteiger partial charge in [0.1, 0.15) is 5.01 Å². The summed E-state index contributed by atoms with van der Waals surface area (Å²) in [4.78, 5) is 22.7. The van der Waals surface area contributed by atoms with Crippen LogP contribution >= 0.6 is 11.3 Å². The van der Waals surface area contributed by atoms with Crippen LogP contribution in [0.4, 0.5) is 16.5 Å². The van der Waals surface area contributed by atoms with Gasteiger partial charge < -0.3 is 5.32 Å². The molecular formula is C20H21N5O5S2. The molecule has 0 saturated heterocycles. The Morgan fingerprint density at radius 3 is 2.56 bits per heavy atom. The molecule has 2 aromatic carbocycles. The van der Waals surface area contributed by atoms with E-state index in [0.29, 0.717) is 10.1 Å². The molecule has 0 aliphatic heterocycles. The van der Waals surface area contributed by atoms with Gasteiger partial charge in [-0.3, -0.25) is 19.2 Å². The average Bonchev–Trinajstić information content (AvgIpc) is 3.19. The first-order valence-electron chi connectivity index (χ1n) is 9.56. The highest BCUT2D eigenvalue weighted by atomic mass is 32.2. The molecule has 3 rings (SSSR count). The van der Waals surface area contributed by atoms with Gasteiger partial charge in [-0.25, -0.2) is 8.42 Å². The number of benzene rings is 2. The van der Waals surface area contributed by atoms with E-state index >= 15 is 0 Å². The van der Waals surface area contributed by atoms with Crippen LogP contribution in [0, 0.1) is 17.0 Å². The molecule has 1 heterocycles. The van der Waals surface area contributed by atoms with Crippen LogP contribution in [0.2, 0.25) is 0 Å². The Hall–Kier alpha value is -3.38. The van der Waals surface area contributed by atoms with Crippen molar-refractivity contribution in [1.82, 2.24) is 10.2 Å². The Bertz CT molecular complexity index is 1230. The highest BCUT2D eigenvalue weighted by Crippen LogP contribution is 2.27. The summed E-state index contributed by atoms with van der Waals surface area (Å²) in [5.41, 5.74) is 1.98. The van der Waals surface area contributed by atoms with Crippen LogP contribution < -0.4 is 9.62 Å². The monoisotopic (exact) mass is 475 g/mol. The van der Waals surface area contributed by atoms with Gasteiger partial charge in [0.25, 0.3) is 5.69 Å². The fourth-order valence-corrected chi connectivity index (χ4v) is 4.62. The molecule has 10 nitrogen and oxygen atoms in total. The summed E-state index contributed by atoms with van der Waals surface area (Å²) >= 11 is 1.24. The molecule has 0 aliphatic rings. The molecule has 0 unspecified atom stereocenters. The number of hydrogen-bond donors (Lipinski definition) is 1. The van der Waals surface area contributed by atoms with Gasteiger partial charge in [0, 0.05) is 30.7 Å². The van der Waals surface area contributed by atoms with E-state index in [-0.39, 0.29) is 36.7 Å². The van der Waals surface area contributed by atoms with Gasteiger partial charge in [-0.2, -0.15) is 0 Å². The maximum atomic E-state index is 12.3. The quantitative estimate of drug-likeness (QED) is 0.369. The van der Waals surface area contributed by atoms with Crippen molar-refractivity contribution in [1.29, 1.82) is 0 Å². The van der Waals surface area contributed by atoms with Gasteiger partial charge in [-0.15, -0.1) is 10.2 Å². The first-order chi connectivity index (χ1) is 15.1. The van der Waals surface area contributed by atoms with E-state index < -0.39 is 14.9 Å². The van der Waals surface area contributed by atoms with Crippen molar-refractivity contribution < 1.29 is 18.1 Å². The zero-order valence-electron chi connectivity index (χ0n) is 17.4. The van der Waals surface area contributed by atoms with E-state index in [0.717, 1.165) is 21.7 Å². The number of carbonyl (C=O) groups is 1. The van der Waals surface area contributed by atoms with Crippen LogP contribution in [-0.4, -0.2) is 42.2 Å². The molecule has 0 spiro atoms. The van der Waals surface area contributed by atoms with Crippen molar-refractivity contribution in [2.45, 2.75) is 19.8 Å². The largest absolute Gasteiger partial charge is 0.301 e. The maximum absolute atomic E-state index is 12.3. The molecule has 0 saturated carbocycles. The van der Waals surface area contributed by atoms with Crippen molar-refractivity contribution in [3.05, 3.63) is 64.2 Å². The number of aryl methyl sites for hydroxylation is 1. The minimum atomic E-state index is -3.69. The molecule has 12 heteroatoms. The van der Waals surface area contributed by atoms with Crippen LogP contribution in [0.15, 0.2) is 48.5 Å². The normalized spacial score (nSPS) is 11.2. The molecular weight excluding hydrogens is 454 g/mol. The zero-order chi connectivity index (χ0) is 23.3. The standard InChI is InChI=1S/C20H21N5O5S2/c1-14-8-10-15(11-9-14)19-22-23-20(31-19)21-18(26)7-4-12-24(32(2,29)30)16-5-3-6-17(13-16)25(27)28/h3,5-6,8-11,13H,4,7,12H2,1-2H3,(H,21,23,26). The van der Waals surface area contributed by atoms with E-state index in [2.05, 4.69) is 15.5 Å². The third-order valence-electron chi connectivity index (χ3n) is 4.46. The number of nitro benzene ring substituents is 1. The molecule has 3 aromatic rings. The third kappa shape index (κ3) is 6.08. The number of nitrogens with zero attached hydrogens (tertiary/aromatic N) is 4. The van der Waals surface area contributed by atoms with Gasteiger partial charge in [-0.05, 0) is 19.4 Å². The molecule has 0 fully saturated rings. The third-order valence-corrected chi connectivity index (χ3v) is 6.55. The Balaban J connectivity index is 1.59. The van der Waals surface area contributed by atoms with E-state index in [9.17, 15) is 23.3 Å². The molecule has 1 N–H and O–H groups in total. The molecule has 0 bridgehead atoms. The maximum Gasteiger partial charge on any atom is 0.271 e. The number of nitro groups is 1. The van der Waals surface area contributed by atoms with Crippen molar-refractivity contribution in [3.8, 4) is 10.6 Å². The van der Waals surface area contributed by atoms with E-state index in [1.54, 1.807) is 0 Å². The summed E-state index contributed by atoms with van der Waals surface area (Å²) in [5, 5.41) is 22.7. The van der Waals surface area contributed by atoms with Gasteiger partial charge in [0.15, 0.2) is 0 Å². The predicted octanol–water partition coefficient (Wildman–Crippen LogP) is 3.61. The van der Waals surface area contributed by atoms with Gasteiger partial charge >= 0.3 is 0 Å². The van der Waals surface area contributed by atoms with Crippen molar-refractivity contribution in [2.75, 3.05) is 22.4 Å². The van der Waals surface area contributed by atoms with E-state index in [1.807, 2.05) is 31.2 Å². The number of carbonyl (C=O) groups excluding carboxylic acids is 1. The second-order valence-electron chi connectivity index (χ2n) is 7.04. The minimum absolute atomic E-state index is 0.00183. The van der Waals surface area contributed by atoms with Crippen LogP contribution in [0.3, 0.4) is 0 Å². The first-order valence-corrected chi connectivity index (χ1v) is 12.2. The molecule has 32 heavy (non-hydrogen) atoms. The Labute approximate surface area is 189 Å². The topological polar surface area (TPSA) is 135 Å². The summed E-state index contributed by atoms with van der Waals surface area (Å²) in [6, 6.07) is 13.1. The molecule has 0 aliphatic carbocycles. The number of amides is 1. The number of aromatic nitrogens is 2. The summed E-state index contributed by atoms with van der Waals surface area (Å²) in [5.74, 6) is -0.330. The number of sulfonamides is 1. The van der Waals surface area contributed by atoms with Crippen molar-refractivity contribution in [3.63, 3.8) is 0 Å². The first kappa shape index (κ1) is 23.3. The van der Waals surface area contributed by atoms with Crippen LogP contribution in [0.1, 0.15) is 18.4 Å². The number of hydrogen-bond acceptors (Lipinski definition) is 8. The summed E-state index contributed by atoms with van der Waals surface area (Å²) in [7, 11) is -3.69. The number of non-ortho nitro benzene ring substituents is 1. The average molecular weight is 476 g/mol. The Kier molecular flexibility index (Phi) is 7.15. The van der Waals surface area contributed by atoms with Crippen LogP contribution in [0.5, 0.6) is 0 Å². The molecule has 0 radical (unpaired) electrons. The van der Waals surface area contributed by atoms with E-state index in [4.69, 9.17) is 0 Å². The summed E-state index contributed by atoms with van der Waals surface area (Å²) in [6.07, 6.45) is 1.27. The smallest absolute Gasteiger partial charge is 0.271 e. The van der Waals surface area contributed by atoms with Crippen LogP contribution in [0.25, 0.3) is 10.6 Å². The SMILES string of the molecule is Cc1ccc(-c2nnc(NC(=O)CCCN(c3cccc([N+](=O)[O-])c3)S(C)(=O)=O)s2)cc1. The summed E-state index contributed by atoms with van der Waals surface area (Å²) < 4.78 is 25.4. The predicted molar refractivity (Wildman–Crippen MR) is 123 cm³/mol. The molecule has 1 aromatic heterocycles. The summed E-state index contributed by atoms with van der Waals surface area (Å²) in [6.45, 7) is 1.98. The second-order valence-corrected chi connectivity index (χ2v) is 9.93. The number of anilines is 2. The lowest BCUT2D eigenvalue weighted by atomic mass is 10.2. The molecule has 0 atom stereocenters. The van der Waals surface area contributed by atoms with Gasteiger partial charge in [-0.1, -0.05) is 47.2 Å². The van der Waals surface area contributed by atoms with Crippen LogP contribution in [-0.2, 0) is 14.8 Å². The molecule has 168 valence electrons. The van der Waals surface area contributed by atoms with Crippen molar-refractivity contribution >= 4 is 43.8 Å². The number of rotatable bonds is 9. The van der Waals surface area contributed by atoms with Gasteiger partial charge in [0.05, 0.1) is 16.9 Å². The lowest BCUT2D eigenvalue weighted by molar-refractivity contribution is -0.384. The lowest BCUT2D eigenvalue weighted by Gasteiger charge is -2.22. The lowest BCUT2D eigenvalue weighted by Crippen LogP contribution is -2.31. The Morgan fingerprint density at radius 2 is 1.91 bits per heavy atom. The highest BCUT2D eigenvalue weighted by molar-refractivity contribution is 7.92. The zero-order valence-corrected chi connectivity index (χ0v) is 19.0. The Morgan fingerprint density at radius 1 is 1.19 bits per heavy atom. The van der Waals surface area contributed by atoms with Gasteiger partial charge in [0.2, 0.25) is 21.1 Å². The fraction of sp³-hybridized carbons (Fsp3) is 0.250. The highest BCUT2D eigenvalue weighted by Gasteiger charge is 2.20. The number of nitrogens with one attached hydrogen (secondary N) is 1. The van der Waals surface area contributed by atoms with E-state index in [1.165, 1.54) is 35.6 Å². The second kappa shape index (κ2) is 9.83.